The smallest absolute Gasteiger partial charge is 0.331 e. The van der Waals surface area contributed by atoms with Crippen LogP contribution in [-0.4, -0.2) is 71.7 Å². The summed E-state index contributed by atoms with van der Waals surface area (Å²) in [6.07, 6.45) is -1.89. The highest BCUT2D eigenvalue weighted by Gasteiger charge is 2.51. The second-order valence-corrected chi connectivity index (χ2v) is 5.16. The van der Waals surface area contributed by atoms with Gasteiger partial charge < -0.3 is 29.2 Å². The molecule has 0 radical (unpaired) electrons. The van der Waals surface area contributed by atoms with Gasteiger partial charge in [0.05, 0.1) is 26.1 Å². The number of carbonyl (C=O) groups excluding carboxylic acids is 2. The lowest BCUT2D eigenvalue weighted by Gasteiger charge is -2.16. The predicted octanol–water partition coefficient (Wildman–Crippen LogP) is -0.887. The van der Waals surface area contributed by atoms with Crippen molar-refractivity contribution in [2.75, 3.05) is 13.2 Å². The molecule has 0 bridgehead atoms. The molecular formula is C14H16O10. The number of hydrogen-bond acceptors (Lipinski definition) is 8. The molecule has 2 N–H and O–H groups in total. The third-order valence-electron chi connectivity index (χ3n) is 3.42. The minimum atomic E-state index is -1.28. The lowest BCUT2D eigenvalue weighted by molar-refractivity contribution is -0.156. The largest absolute Gasteiger partial charge is 0.481 e. The highest BCUT2D eigenvalue weighted by Crippen LogP contribution is 2.30. The van der Waals surface area contributed by atoms with Crippen molar-refractivity contribution in [1.29, 1.82) is 0 Å². The van der Waals surface area contributed by atoms with Crippen molar-refractivity contribution in [3.8, 4) is 0 Å². The molecule has 4 unspecified atom stereocenters. The molecule has 0 amide bonds. The third-order valence-corrected chi connectivity index (χ3v) is 3.42. The molecule has 0 aromatic heterocycles. The molecule has 0 aromatic rings. The minimum absolute atomic E-state index is 0.0190. The summed E-state index contributed by atoms with van der Waals surface area (Å²) in [5, 5.41) is 17.0. The zero-order chi connectivity index (χ0) is 17.7. The number of fused-ring (bicyclic) bond motifs is 1. The monoisotopic (exact) mass is 344 g/mol. The van der Waals surface area contributed by atoms with E-state index in [-0.39, 0.29) is 26.1 Å². The molecule has 24 heavy (non-hydrogen) atoms. The van der Waals surface area contributed by atoms with Crippen LogP contribution in [0.25, 0.3) is 0 Å². The second-order valence-electron chi connectivity index (χ2n) is 5.16. The van der Waals surface area contributed by atoms with E-state index >= 15 is 0 Å². The topological polar surface area (TPSA) is 146 Å². The Hall–Kier alpha value is -2.46. The van der Waals surface area contributed by atoms with Gasteiger partial charge in [0, 0.05) is 12.2 Å². The van der Waals surface area contributed by atoms with Gasteiger partial charge in [-0.15, -0.1) is 0 Å². The molecule has 0 aromatic carbocycles. The first-order valence-electron chi connectivity index (χ1n) is 7.13. The molecule has 2 rings (SSSR count). The number of rotatable bonds is 7. The highest BCUT2D eigenvalue weighted by molar-refractivity contribution is 5.90. The van der Waals surface area contributed by atoms with E-state index in [1.54, 1.807) is 0 Å². The Balaban J connectivity index is 1.83. The molecule has 2 fully saturated rings. The van der Waals surface area contributed by atoms with Crippen molar-refractivity contribution in [2.24, 2.45) is 0 Å². The fourth-order valence-corrected chi connectivity index (χ4v) is 2.40. The molecule has 2 heterocycles. The van der Waals surface area contributed by atoms with E-state index in [1.165, 1.54) is 0 Å². The Bertz CT molecular complexity index is 554. The maximum atomic E-state index is 11.6. The van der Waals surface area contributed by atoms with E-state index in [0.29, 0.717) is 6.08 Å². The van der Waals surface area contributed by atoms with E-state index in [9.17, 15) is 19.2 Å². The molecule has 4 atom stereocenters. The van der Waals surface area contributed by atoms with Crippen LogP contribution in [0.4, 0.5) is 0 Å². The molecule has 0 spiro atoms. The Morgan fingerprint density at radius 2 is 1.50 bits per heavy atom. The molecule has 0 saturated carbocycles. The molecule has 2 saturated heterocycles. The van der Waals surface area contributed by atoms with Crippen LogP contribution in [0, 0.1) is 0 Å². The fourth-order valence-electron chi connectivity index (χ4n) is 2.40. The zero-order valence-electron chi connectivity index (χ0n) is 12.5. The summed E-state index contributed by atoms with van der Waals surface area (Å²) in [5.41, 5.74) is 0. The average molecular weight is 344 g/mol. The maximum Gasteiger partial charge on any atom is 0.331 e. The van der Waals surface area contributed by atoms with E-state index < -0.39 is 48.3 Å². The summed E-state index contributed by atoms with van der Waals surface area (Å²) < 4.78 is 21.0. The van der Waals surface area contributed by atoms with Crippen LogP contribution in [0.2, 0.25) is 0 Å². The van der Waals surface area contributed by atoms with E-state index in [0.717, 1.165) is 6.08 Å². The van der Waals surface area contributed by atoms with Gasteiger partial charge >= 0.3 is 23.9 Å². The van der Waals surface area contributed by atoms with Gasteiger partial charge in [-0.1, -0.05) is 0 Å². The molecule has 10 heteroatoms. The lowest BCUT2D eigenvalue weighted by Crippen LogP contribution is -2.35. The number of esters is 2. The van der Waals surface area contributed by atoms with E-state index in [4.69, 9.17) is 29.2 Å². The Morgan fingerprint density at radius 3 is 2.04 bits per heavy atom. The van der Waals surface area contributed by atoms with Crippen LogP contribution in [0.15, 0.2) is 12.2 Å². The number of carboxylic acid groups (broad SMARTS) is 2. The number of carboxylic acids is 2. The van der Waals surface area contributed by atoms with Gasteiger partial charge in [-0.05, 0) is 0 Å². The summed E-state index contributed by atoms with van der Waals surface area (Å²) in [5.74, 6) is -3.92. The normalized spacial score (nSPS) is 28.5. The standard InChI is InChI=1S/C14H16O10/c15-9(16)1-3-11(19)23-7-5-21-14-8(6-22-13(7)14)24-12(20)4-2-10(17)18/h1,3,7-8,13-14H,2,4-6H2,(H,15,16)(H,17,18). The van der Waals surface area contributed by atoms with Crippen LogP contribution in [0.5, 0.6) is 0 Å². The average Bonchev–Trinajstić information content (AvgIpc) is 3.07. The first-order valence-corrected chi connectivity index (χ1v) is 7.13. The lowest BCUT2D eigenvalue weighted by atomic mass is 10.1. The summed E-state index contributed by atoms with van der Waals surface area (Å²) in [7, 11) is 0. The van der Waals surface area contributed by atoms with E-state index in [1.807, 2.05) is 0 Å². The molecule has 0 aliphatic carbocycles. The van der Waals surface area contributed by atoms with Crippen LogP contribution in [0.3, 0.4) is 0 Å². The summed E-state index contributed by atoms with van der Waals surface area (Å²) in [6.45, 7) is 0.0539. The number of aliphatic carboxylic acids is 2. The number of ether oxygens (including phenoxy) is 4. The summed E-state index contributed by atoms with van der Waals surface area (Å²) >= 11 is 0. The van der Waals surface area contributed by atoms with Gasteiger partial charge in [0.2, 0.25) is 0 Å². The van der Waals surface area contributed by atoms with Crippen molar-refractivity contribution < 1.29 is 48.3 Å². The first kappa shape index (κ1) is 17.9. The van der Waals surface area contributed by atoms with Gasteiger partial charge in [-0.3, -0.25) is 9.59 Å². The molecule has 10 nitrogen and oxygen atoms in total. The Kier molecular flexibility index (Phi) is 5.88. The Labute approximate surface area is 135 Å². The summed E-state index contributed by atoms with van der Waals surface area (Å²) in [4.78, 5) is 43.8. The van der Waals surface area contributed by atoms with Crippen molar-refractivity contribution in [2.45, 2.75) is 37.3 Å². The number of hydrogen-bond donors (Lipinski definition) is 2. The summed E-state index contributed by atoms with van der Waals surface area (Å²) in [6, 6.07) is 0. The van der Waals surface area contributed by atoms with Crippen molar-refractivity contribution >= 4 is 23.9 Å². The van der Waals surface area contributed by atoms with Crippen LogP contribution >= 0.6 is 0 Å². The SMILES string of the molecule is O=C(O)C=CC(=O)OC1COC2C(OC(=O)CCC(=O)O)COC12. The van der Waals surface area contributed by atoms with Crippen molar-refractivity contribution in [1.82, 2.24) is 0 Å². The zero-order valence-corrected chi connectivity index (χ0v) is 12.5. The second kappa shape index (κ2) is 7.88. The molecular weight excluding hydrogens is 328 g/mol. The van der Waals surface area contributed by atoms with E-state index in [2.05, 4.69) is 0 Å². The molecule has 2 aliphatic heterocycles. The predicted molar refractivity (Wildman–Crippen MR) is 72.9 cm³/mol. The fraction of sp³-hybridized carbons (Fsp3) is 0.571. The number of carbonyl (C=O) groups is 4. The van der Waals surface area contributed by atoms with Crippen LogP contribution in [-0.2, 0) is 38.1 Å². The highest BCUT2D eigenvalue weighted by atomic mass is 16.7. The third kappa shape index (κ3) is 4.77. The van der Waals surface area contributed by atoms with Gasteiger partial charge in [-0.25, -0.2) is 9.59 Å². The van der Waals surface area contributed by atoms with Crippen LogP contribution < -0.4 is 0 Å². The van der Waals surface area contributed by atoms with Crippen molar-refractivity contribution in [3.05, 3.63) is 12.2 Å². The Morgan fingerprint density at radius 1 is 0.917 bits per heavy atom. The van der Waals surface area contributed by atoms with Gasteiger partial charge in [0.25, 0.3) is 0 Å². The quantitative estimate of drug-likeness (QED) is 0.440. The van der Waals surface area contributed by atoms with Gasteiger partial charge in [0.1, 0.15) is 12.2 Å². The van der Waals surface area contributed by atoms with Crippen molar-refractivity contribution in [3.63, 3.8) is 0 Å². The molecule has 2 aliphatic rings. The minimum Gasteiger partial charge on any atom is -0.481 e. The van der Waals surface area contributed by atoms with Gasteiger partial charge in [0.15, 0.2) is 12.2 Å². The first-order chi connectivity index (χ1) is 11.4. The molecule has 132 valence electrons. The van der Waals surface area contributed by atoms with Gasteiger partial charge in [-0.2, -0.15) is 0 Å². The van der Waals surface area contributed by atoms with Crippen LogP contribution in [0.1, 0.15) is 12.8 Å². The maximum absolute atomic E-state index is 11.6.